The number of amides is 1. The van der Waals surface area contributed by atoms with Crippen LogP contribution < -0.4 is 10.5 Å². The van der Waals surface area contributed by atoms with Crippen molar-refractivity contribution in [1.82, 2.24) is 0 Å². The second-order valence-corrected chi connectivity index (χ2v) is 4.31. The minimum Gasteiger partial charge on any atom is -0.492 e. The Kier molecular flexibility index (Phi) is 2.83. The van der Waals surface area contributed by atoms with Gasteiger partial charge in [-0.05, 0) is 25.0 Å². The topological polar surface area (TPSA) is 72.6 Å². The summed E-state index contributed by atoms with van der Waals surface area (Å²) in [4.78, 5) is 11.1. The summed E-state index contributed by atoms with van der Waals surface area (Å²) in [6.07, 6.45) is 1.95. The molecule has 0 bridgehead atoms. The summed E-state index contributed by atoms with van der Waals surface area (Å²) in [6.45, 7) is 0.569. The quantitative estimate of drug-likeness (QED) is 0.777. The second-order valence-electron chi connectivity index (χ2n) is 4.31. The van der Waals surface area contributed by atoms with Gasteiger partial charge in [-0.25, -0.2) is 0 Å². The molecule has 0 spiro atoms. The van der Waals surface area contributed by atoms with Gasteiger partial charge in [0.1, 0.15) is 5.75 Å². The van der Waals surface area contributed by atoms with Gasteiger partial charge >= 0.3 is 0 Å². The molecule has 0 radical (unpaired) electrons. The van der Waals surface area contributed by atoms with Crippen molar-refractivity contribution in [2.75, 3.05) is 13.2 Å². The lowest BCUT2D eigenvalue weighted by molar-refractivity contribution is 0.0992. The van der Waals surface area contributed by atoms with Crippen molar-refractivity contribution in [2.24, 2.45) is 11.1 Å². The second kappa shape index (κ2) is 4.14. The fourth-order valence-corrected chi connectivity index (χ4v) is 1.55. The average molecular weight is 221 g/mol. The summed E-state index contributed by atoms with van der Waals surface area (Å²) in [5.41, 5.74) is 5.53. The number of aliphatic hydroxyl groups is 1. The molecule has 3 N–H and O–H groups in total. The van der Waals surface area contributed by atoms with E-state index < -0.39 is 5.91 Å². The van der Waals surface area contributed by atoms with E-state index in [4.69, 9.17) is 15.6 Å². The number of ether oxygens (including phenoxy) is 1. The monoisotopic (exact) mass is 221 g/mol. The third kappa shape index (κ3) is 2.17. The van der Waals surface area contributed by atoms with Crippen LogP contribution in [0.5, 0.6) is 5.75 Å². The molecule has 4 nitrogen and oxygen atoms in total. The van der Waals surface area contributed by atoms with Crippen LogP contribution in [0.25, 0.3) is 0 Å². The first-order valence-corrected chi connectivity index (χ1v) is 5.29. The zero-order chi connectivity index (χ0) is 11.6. The van der Waals surface area contributed by atoms with E-state index in [1.807, 2.05) is 0 Å². The summed E-state index contributed by atoms with van der Waals surface area (Å²) in [6, 6.07) is 6.88. The van der Waals surface area contributed by atoms with Crippen molar-refractivity contribution in [3.63, 3.8) is 0 Å². The Hall–Kier alpha value is -1.55. The van der Waals surface area contributed by atoms with E-state index in [0.717, 1.165) is 12.8 Å². The Labute approximate surface area is 94.0 Å². The molecule has 0 unspecified atom stereocenters. The zero-order valence-corrected chi connectivity index (χ0v) is 8.98. The molecule has 1 aliphatic carbocycles. The SMILES string of the molecule is NC(=O)c1ccccc1OCC1(CO)CC1. The minimum absolute atomic E-state index is 0.0925. The molecule has 2 rings (SSSR count). The third-order valence-corrected chi connectivity index (χ3v) is 2.98. The number of carbonyl (C=O) groups is 1. The van der Waals surface area contributed by atoms with E-state index in [1.54, 1.807) is 24.3 Å². The van der Waals surface area contributed by atoms with Gasteiger partial charge < -0.3 is 15.6 Å². The van der Waals surface area contributed by atoms with Crippen LogP contribution in [0.1, 0.15) is 23.2 Å². The fraction of sp³-hybridized carbons (Fsp3) is 0.417. The zero-order valence-electron chi connectivity index (χ0n) is 8.98. The molecule has 1 saturated carbocycles. The highest BCUT2D eigenvalue weighted by Gasteiger charge is 2.43. The van der Waals surface area contributed by atoms with Crippen molar-refractivity contribution >= 4 is 5.91 Å². The van der Waals surface area contributed by atoms with Crippen LogP contribution in [0.4, 0.5) is 0 Å². The van der Waals surface area contributed by atoms with Gasteiger partial charge in [-0.15, -0.1) is 0 Å². The van der Waals surface area contributed by atoms with Crippen molar-refractivity contribution in [1.29, 1.82) is 0 Å². The number of benzene rings is 1. The van der Waals surface area contributed by atoms with Gasteiger partial charge in [-0.3, -0.25) is 4.79 Å². The highest BCUT2D eigenvalue weighted by atomic mass is 16.5. The first-order valence-electron chi connectivity index (χ1n) is 5.29. The molecule has 0 atom stereocenters. The Morgan fingerprint density at radius 1 is 1.44 bits per heavy atom. The molecule has 1 amide bonds. The number of para-hydroxylation sites is 1. The van der Waals surface area contributed by atoms with Gasteiger partial charge in [0, 0.05) is 5.41 Å². The molecule has 0 saturated heterocycles. The maximum Gasteiger partial charge on any atom is 0.252 e. The Balaban J connectivity index is 2.06. The number of carbonyl (C=O) groups excluding carboxylic acids is 1. The highest BCUT2D eigenvalue weighted by Crippen LogP contribution is 2.45. The summed E-state index contributed by atoms with van der Waals surface area (Å²) < 4.78 is 5.56. The van der Waals surface area contributed by atoms with Crippen LogP contribution in [-0.4, -0.2) is 24.2 Å². The first kappa shape index (κ1) is 11.0. The predicted molar refractivity (Wildman–Crippen MR) is 59.2 cm³/mol. The van der Waals surface area contributed by atoms with Crippen LogP contribution in [0.3, 0.4) is 0 Å². The van der Waals surface area contributed by atoms with Gasteiger partial charge in [0.25, 0.3) is 5.91 Å². The van der Waals surface area contributed by atoms with E-state index in [9.17, 15) is 4.79 Å². The maximum atomic E-state index is 11.1. The van der Waals surface area contributed by atoms with Gasteiger partial charge in [-0.2, -0.15) is 0 Å². The molecule has 0 aromatic heterocycles. The lowest BCUT2D eigenvalue weighted by Gasteiger charge is -2.14. The Morgan fingerprint density at radius 2 is 2.12 bits per heavy atom. The van der Waals surface area contributed by atoms with E-state index in [1.165, 1.54) is 0 Å². The van der Waals surface area contributed by atoms with E-state index in [-0.39, 0.29) is 12.0 Å². The normalized spacial score (nSPS) is 16.8. The molecule has 16 heavy (non-hydrogen) atoms. The number of hydrogen-bond donors (Lipinski definition) is 2. The molecular formula is C12H15NO3. The maximum absolute atomic E-state index is 11.1. The number of primary amides is 1. The Morgan fingerprint density at radius 3 is 2.69 bits per heavy atom. The molecule has 1 fully saturated rings. The van der Waals surface area contributed by atoms with Crippen molar-refractivity contribution in [2.45, 2.75) is 12.8 Å². The van der Waals surface area contributed by atoms with Crippen LogP contribution in [0.15, 0.2) is 24.3 Å². The first-order chi connectivity index (χ1) is 7.67. The minimum atomic E-state index is -0.496. The van der Waals surface area contributed by atoms with E-state index in [2.05, 4.69) is 0 Å². The largest absolute Gasteiger partial charge is 0.492 e. The van der Waals surface area contributed by atoms with E-state index in [0.29, 0.717) is 17.9 Å². The summed E-state index contributed by atoms with van der Waals surface area (Å²) >= 11 is 0. The summed E-state index contributed by atoms with van der Waals surface area (Å²) in [7, 11) is 0. The standard InChI is InChI=1S/C12H15NO3/c13-11(15)9-3-1-2-4-10(9)16-8-12(7-14)5-6-12/h1-4,14H,5-8H2,(H2,13,15). The van der Waals surface area contributed by atoms with Gasteiger partial charge in [0.05, 0.1) is 18.8 Å². The number of rotatable bonds is 5. The fourth-order valence-electron chi connectivity index (χ4n) is 1.55. The van der Waals surface area contributed by atoms with Crippen LogP contribution in [0, 0.1) is 5.41 Å². The Bertz CT molecular complexity index is 399. The third-order valence-electron chi connectivity index (χ3n) is 2.98. The summed E-state index contributed by atoms with van der Waals surface area (Å²) in [5.74, 6) is -0.000768. The van der Waals surface area contributed by atoms with Gasteiger partial charge in [-0.1, -0.05) is 12.1 Å². The van der Waals surface area contributed by atoms with Crippen LogP contribution in [0.2, 0.25) is 0 Å². The number of nitrogens with two attached hydrogens (primary N) is 1. The summed E-state index contributed by atoms with van der Waals surface area (Å²) in [5, 5.41) is 9.14. The van der Waals surface area contributed by atoms with Gasteiger partial charge in [0.15, 0.2) is 0 Å². The lowest BCUT2D eigenvalue weighted by atomic mass is 10.1. The molecule has 0 heterocycles. The smallest absolute Gasteiger partial charge is 0.252 e. The molecule has 1 aliphatic rings. The number of aliphatic hydroxyl groups excluding tert-OH is 1. The lowest BCUT2D eigenvalue weighted by Crippen LogP contribution is -2.19. The molecule has 1 aromatic rings. The van der Waals surface area contributed by atoms with Gasteiger partial charge in [0.2, 0.25) is 0 Å². The van der Waals surface area contributed by atoms with Crippen molar-refractivity contribution in [3.8, 4) is 5.75 Å². The van der Waals surface area contributed by atoms with Crippen LogP contribution >= 0.6 is 0 Å². The molecule has 1 aromatic carbocycles. The van der Waals surface area contributed by atoms with Crippen molar-refractivity contribution in [3.05, 3.63) is 29.8 Å². The van der Waals surface area contributed by atoms with E-state index >= 15 is 0 Å². The predicted octanol–water partition coefficient (Wildman–Crippen LogP) is 0.937. The molecule has 86 valence electrons. The molecular weight excluding hydrogens is 206 g/mol. The number of hydrogen-bond acceptors (Lipinski definition) is 3. The average Bonchev–Trinajstić information content (AvgIpc) is 3.07. The molecule has 0 aliphatic heterocycles. The van der Waals surface area contributed by atoms with Crippen LogP contribution in [-0.2, 0) is 0 Å². The highest BCUT2D eigenvalue weighted by molar-refractivity contribution is 5.95. The van der Waals surface area contributed by atoms with Crippen molar-refractivity contribution < 1.29 is 14.6 Å². The molecule has 4 heteroatoms.